The third kappa shape index (κ3) is 6.52. The minimum atomic E-state index is -0.338. The number of piperidine rings is 1. The van der Waals surface area contributed by atoms with E-state index in [1.165, 1.54) is 0 Å². The molecule has 3 aromatic rings. The number of rotatable bonds is 8. The van der Waals surface area contributed by atoms with E-state index in [9.17, 15) is 9.59 Å². The van der Waals surface area contributed by atoms with E-state index in [-0.39, 0.29) is 23.8 Å². The topological polar surface area (TPSA) is 74.6 Å². The molecule has 11 heteroatoms. The Labute approximate surface area is 235 Å². The summed E-state index contributed by atoms with van der Waals surface area (Å²) in [6.07, 6.45) is 2.74. The Morgan fingerprint density at radius 1 is 1.16 bits per heavy atom. The van der Waals surface area contributed by atoms with Gasteiger partial charge in [-0.15, -0.1) is 5.10 Å². The zero-order valence-corrected chi connectivity index (χ0v) is 24.0. The molecule has 4 rings (SSSR count). The minimum absolute atomic E-state index is 0.0239. The SMILES string of the molecule is CN(CCN(C)C(=O)C1CCC(=O)N(C)C1c1cccc(Cl)c1)Cc1cn(-c2ccc(Br)c(Cl)c2)nn1. The average Bonchev–Trinajstić information content (AvgIpc) is 3.33. The van der Waals surface area contributed by atoms with E-state index in [2.05, 4.69) is 31.1 Å². The molecule has 0 spiro atoms. The lowest BCUT2D eigenvalue weighted by Crippen LogP contribution is -2.47. The highest BCUT2D eigenvalue weighted by molar-refractivity contribution is 9.10. The number of halogens is 3. The van der Waals surface area contributed by atoms with Gasteiger partial charge in [-0.1, -0.05) is 40.5 Å². The van der Waals surface area contributed by atoms with Crippen LogP contribution >= 0.6 is 39.1 Å². The number of nitrogens with zero attached hydrogens (tertiary/aromatic N) is 6. The van der Waals surface area contributed by atoms with Crippen molar-refractivity contribution >= 4 is 50.9 Å². The Kier molecular flexibility index (Phi) is 8.90. The summed E-state index contributed by atoms with van der Waals surface area (Å²) in [5, 5.41) is 9.68. The highest BCUT2D eigenvalue weighted by Crippen LogP contribution is 2.37. The Bertz CT molecular complexity index is 1290. The van der Waals surface area contributed by atoms with E-state index in [0.29, 0.717) is 42.5 Å². The second-order valence-electron chi connectivity index (χ2n) is 9.40. The Balaban J connectivity index is 1.36. The van der Waals surface area contributed by atoms with E-state index >= 15 is 0 Å². The number of benzene rings is 2. The summed E-state index contributed by atoms with van der Waals surface area (Å²) < 4.78 is 2.51. The number of carbonyl (C=O) groups excluding carboxylic acids is 2. The molecule has 1 fully saturated rings. The van der Waals surface area contributed by atoms with E-state index in [4.69, 9.17) is 23.2 Å². The molecule has 1 saturated heterocycles. The fourth-order valence-electron chi connectivity index (χ4n) is 4.64. The zero-order valence-electron chi connectivity index (χ0n) is 20.9. The van der Waals surface area contributed by atoms with Gasteiger partial charge in [-0.2, -0.15) is 0 Å². The molecule has 2 amide bonds. The molecule has 0 N–H and O–H groups in total. The molecule has 2 aromatic carbocycles. The van der Waals surface area contributed by atoms with Crippen LogP contribution in [0.3, 0.4) is 0 Å². The molecule has 37 heavy (non-hydrogen) atoms. The molecule has 2 unspecified atom stereocenters. The van der Waals surface area contributed by atoms with Gasteiger partial charge in [-0.25, -0.2) is 4.68 Å². The first-order valence-electron chi connectivity index (χ1n) is 12.0. The lowest BCUT2D eigenvalue weighted by Gasteiger charge is -2.40. The van der Waals surface area contributed by atoms with Gasteiger partial charge in [0.25, 0.3) is 0 Å². The molecule has 0 saturated carbocycles. The first kappa shape index (κ1) is 27.6. The molecule has 1 aromatic heterocycles. The Morgan fingerprint density at radius 3 is 2.68 bits per heavy atom. The summed E-state index contributed by atoms with van der Waals surface area (Å²) in [6, 6.07) is 12.7. The highest BCUT2D eigenvalue weighted by Gasteiger charge is 2.40. The summed E-state index contributed by atoms with van der Waals surface area (Å²) in [7, 11) is 5.56. The van der Waals surface area contributed by atoms with Crippen LogP contribution in [-0.2, 0) is 16.1 Å². The molecular weight excluding hydrogens is 579 g/mol. The smallest absolute Gasteiger partial charge is 0.227 e. The van der Waals surface area contributed by atoms with E-state index < -0.39 is 0 Å². The van der Waals surface area contributed by atoms with Crippen LogP contribution < -0.4 is 0 Å². The number of likely N-dealkylation sites (N-methyl/N-ethyl adjacent to an activating group) is 2. The number of amides is 2. The molecule has 1 aliphatic heterocycles. The average molecular weight is 608 g/mol. The van der Waals surface area contributed by atoms with Crippen molar-refractivity contribution in [2.75, 3.05) is 34.2 Å². The normalized spacial score (nSPS) is 17.9. The number of hydrogen-bond donors (Lipinski definition) is 0. The molecule has 2 heterocycles. The molecule has 2 atom stereocenters. The van der Waals surface area contributed by atoms with Crippen molar-refractivity contribution in [2.45, 2.75) is 25.4 Å². The van der Waals surface area contributed by atoms with Gasteiger partial charge in [-0.3, -0.25) is 14.5 Å². The lowest BCUT2D eigenvalue weighted by atomic mass is 9.83. The maximum atomic E-state index is 13.5. The molecule has 1 aliphatic rings. The number of carbonyl (C=O) groups is 2. The third-order valence-electron chi connectivity index (χ3n) is 6.70. The fraction of sp³-hybridized carbons (Fsp3) is 0.385. The maximum absolute atomic E-state index is 13.5. The number of likely N-dealkylation sites (tertiary alicyclic amines) is 1. The van der Waals surface area contributed by atoms with Crippen LogP contribution in [0, 0.1) is 5.92 Å². The first-order chi connectivity index (χ1) is 17.6. The van der Waals surface area contributed by atoms with Crippen LogP contribution in [0.5, 0.6) is 0 Å². The van der Waals surface area contributed by atoms with Crippen molar-refractivity contribution in [3.8, 4) is 5.69 Å². The molecular formula is C26H29BrCl2N6O2. The highest BCUT2D eigenvalue weighted by atomic mass is 79.9. The summed E-state index contributed by atoms with van der Waals surface area (Å²) in [6.45, 7) is 1.78. The van der Waals surface area contributed by atoms with Gasteiger partial charge in [0.15, 0.2) is 0 Å². The Hall–Kier alpha value is -2.46. The maximum Gasteiger partial charge on any atom is 0.227 e. The quantitative estimate of drug-likeness (QED) is 0.366. The predicted octanol–water partition coefficient (Wildman–Crippen LogP) is 4.84. The van der Waals surface area contributed by atoms with Crippen molar-refractivity contribution in [2.24, 2.45) is 5.92 Å². The number of hydrogen-bond acceptors (Lipinski definition) is 5. The van der Waals surface area contributed by atoms with E-state index in [1.807, 2.05) is 56.7 Å². The fourth-order valence-corrected chi connectivity index (χ4v) is 5.26. The van der Waals surface area contributed by atoms with E-state index in [0.717, 1.165) is 21.4 Å². The van der Waals surface area contributed by atoms with Crippen molar-refractivity contribution in [1.82, 2.24) is 29.7 Å². The van der Waals surface area contributed by atoms with Crippen LogP contribution in [0.15, 0.2) is 53.1 Å². The van der Waals surface area contributed by atoms with Crippen molar-refractivity contribution in [3.05, 3.63) is 74.4 Å². The van der Waals surface area contributed by atoms with Crippen LogP contribution in [0.2, 0.25) is 10.0 Å². The van der Waals surface area contributed by atoms with Crippen LogP contribution in [0.4, 0.5) is 0 Å². The summed E-state index contributed by atoms with van der Waals surface area (Å²) >= 11 is 15.8. The summed E-state index contributed by atoms with van der Waals surface area (Å²) in [4.78, 5) is 31.5. The van der Waals surface area contributed by atoms with Gasteiger partial charge >= 0.3 is 0 Å². The number of aromatic nitrogens is 3. The van der Waals surface area contributed by atoms with Crippen molar-refractivity contribution < 1.29 is 9.59 Å². The molecule has 0 bridgehead atoms. The third-order valence-corrected chi connectivity index (χ3v) is 8.17. The van der Waals surface area contributed by atoms with Gasteiger partial charge < -0.3 is 9.80 Å². The monoisotopic (exact) mass is 606 g/mol. The summed E-state index contributed by atoms with van der Waals surface area (Å²) in [5.41, 5.74) is 2.51. The van der Waals surface area contributed by atoms with Crippen LogP contribution in [-0.4, -0.2) is 75.7 Å². The Morgan fingerprint density at radius 2 is 1.95 bits per heavy atom. The van der Waals surface area contributed by atoms with Gasteiger partial charge in [0.2, 0.25) is 11.8 Å². The minimum Gasteiger partial charge on any atom is -0.344 e. The van der Waals surface area contributed by atoms with Crippen molar-refractivity contribution in [3.63, 3.8) is 0 Å². The largest absolute Gasteiger partial charge is 0.344 e. The second-order valence-corrected chi connectivity index (χ2v) is 11.1. The van der Waals surface area contributed by atoms with E-state index in [1.54, 1.807) is 27.6 Å². The van der Waals surface area contributed by atoms with Crippen LogP contribution in [0.1, 0.15) is 30.1 Å². The standard InChI is InChI=1S/C26H29BrCl2N6O2/c1-32(15-19-16-35(31-30-19)20-7-9-22(27)23(29)14-20)11-12-33(2)26(37)21-8-10-24(36)34(3)25(21)17-5-4-6-18(28)13-17/h4-7,9,13-14,16,21,25H,8,10-12,15H2,1-3H3. The molecule has 0 aliphatic carbocycles. The lowest BCUT2D eigenvalue weighted by molar-refractivity contribution is -0.146. The molecule has 0 radical (unpaired) electrons. The zero-order chi connectivity index (χ0) is 26.7. The van der Waals surface area contributed by atoms with Gasteiger partial charge in [0, 0.05) is 49.6 Å². The first-order valence-corrected chi connectivity index (χ1v) is 13.5. The van der Waals surface area contributed by atoms with Gasteiger partial charge in [0.1, 0.15) is 0 Å². The van der Waals surface area contributed by atoms with Crippen LogP contribution in [0.25, 0.3) is 5.69 Å². The molecule has 8 nitrogen and oxygen atoms in total. The summed E-state index contributed by atoms with van der Waals surface area (Å²) in [5.74, 6) is -0.264. The second kappa shape index (κ2) is 11.9. The predicted molar refractivity (Wildman–Crippen MR) is 148 cm³/mol. The molecule has 196 valence electrons. The van der Waals surface area contributed by atoms with Crippen molar-refractivity contribution in [1.29, 1.82) is 0 Å². The van der Waals surface area contributed by atoms with Gasteiger partial charge in [-0.05, 0) is 65.3 Å². The van der Waals surface area contributed by atoms with Gasteiger partial charge in [0.05, 0.1) is 34.6 Å².